The van der Waals surface area contributed by atoms with Crippen LogP contribution in [0.1, 0.15) is 47.5 Å². The van der Waals surface area contributed by atoms with Gasteiger partial charge in [-0.15, -0.1) is 11.8 Å². The Morgan fingerprint density at radius 3 is 2.12 bits per heavy atom. The molecule has 0 saturated heterocycles. The van der Waals surface area contributed by atoms with Gasteiger partial charge in [0.1, 0.15) is 0 Å². The van der Waals surface area contributed by atoms with Crippen LogP contribution in [0.3, 0.4) is 0 Å². The minimum atomic E-state index is -0.151. The first-order chi connectivity index (χ1) is 7.78. The summed E-state index contributed by atoms with van der Waals surface area (Å²) in [5.41, 5.74) is -0.151. The van der Waals surface area contributed by atoms with Crippen LogP contribution in [0, 0.1) is 5.41 Å². The van der Waals surface area contributed by atoms with Gasteiger partial charge in [-0.1, -0.05) is 34.6 Å². The molecule has 2 N–H and O–H groups in total. The Morgan fingerprint density at radius 2 is 1.76 bits per heavy atom. The highest BCUT2D eigenvalue weighted by Crippen LogP contribution is 2.25. The number of hydrogen-bond acceptors (Lipinski definition) is 3. The molecular formula is C13H27NO2S. The van der Waals surface area contributed by atoms with Crippen molar-refractivity contribution in [1.29, 1.82) is 0 Å². The summed E-state index contributed by atoms with van der Waals surface area (Å²) < 4.78 is 0.112. The first-order valence-corrected chi connectivity index (χ1v) is 7.28. The van der Waals surface area contributed by atoms with Crippen LogP contribution in [0.5, 0.6) is 0 Å². The van der Waals surface area contributed by atoms with Gasteiger partial charge >= 0.3 is 0 Å². The lowest BCUT2D eigenvalue weighted by Crippen LogP contribution is -2.40. The predicted molar refractivity (Wildman–Crippen MR) is 75.3 cm³/mol. The van der Waals surface area contributed by atoms with Gasteiger partial charge in [0.25, 0.3) is 0 Å². The molecule has 0 aromatic carbocycles. The van der Waals surface area contributed by atoms with E-state index in [4.69, 9.17) is 0 Å². The van der Waals surface area contributed by atoms with Crippen LogP contribution in [0.25, 0.3) is 0 Å². The van der Waals surface area contributed by atoms with Crippen LogP contribution >= 0.6 is 11.8 Å². The van der Waals surface area contributed by atoms with E-state index >= 15 is 0 Å². The number of thioether (sulfide) groups is 1. The number of carbonyl (C=O) groups excluding carboxylic acids is 1. The van der Waals surface area contributed by atoms with Crippen LogP contribution in [0.15, 0.2) is 0 Å². The standard InChI is InChI=1S/C13H27NO2S/c1-6-13(7-2,10-15)9-14-11(16)8-17-12(3,4)5/h15H,6-10H2,1-5H3,(H,14,16). The fraction of sp³-hybridized carbons (Fsp3) is 0.923. The third kappa shape index (κ3) is 6.94. The number of rotatable bonds is 7. The van der Waals surface area contributed by atoms with E-state index in [1.165, 1.54) is 0 Å². The monoisotopic (exact) mass is 261 g/mol. The minimum Gasteiger partial charge on any atom is -0.396 e. The van der Waals surface area contributed by atoms with E-state index in [1.54, 1.807) is 11.8 Å². The molecule has 0 aliphatic rings. The summed E-state index contributed by atoms with van der Waals surface area (Å²) in [5, 5.41) is 12.3. The number of aliphatic hydroxyl groups excluding tert-OH is 1. The molecule has 4 heteroatoms. The van der Waals surface area contributed by atoms with Gasteiger partial charge in [-0.2, -0.15) is 0 Å². The molecule has 17 heavy (non-hydrogen) atoms. The van der Waals surface area contributed by atoms with E-state index in [0.717, 1.165) is 12.8 Å². The maximum Gasteiger partial charge on any atom is 0.230 e. The van der Waals surface area contributed by atoms with Crippen molar-refractivity contribution < 1.29 is 9.90 Å². The average molecular weight is 261 g/mol. The lowest BCUT2D eigenvalue weighted by Gasteiger charge is -2.29. The summed E-state index contributed by atoms with van der Waals surface area (Å²) in [4.78, 5) is 11.7. The van der Waals surface area contributed by atoms with Crippen molar-refractivity contribution >= 4 is 17.7 Å². The van der Waals surface area contributed by atoms with E-state index in [2.05, 4.69) is 39.9 Å². The summed E-state index contributed by atoms with van der Waals surface area (Å²) in [5.74, 6) is 0.544. The highest BCUT2D eigenvalue weighted by molar-refractivity contribution is 8.01. The molecule has 0 unspecified atom stereocenters. The van der Waals surface area contributed by atoms with E-state index in [9.17, 15) is 9.90 Å². The highest BCUT2D eigenvalue weighted by Gasteiger charge is 2.25. The second-order valence-corrected chi connectivity index (χ2v) is 7.35. The molecule has 0 aromatic heterocycles. The summed E-state index contributed by atoms with van der Waals surface area (Å²) in [6.45, 7) is 11.1. The highest BCUT2D eigenvalue weighted by atomic mass is 32.2. The Bertz CT molecular complexity index is 224. The Kier molecular flexibility index (Phi) is 7.17. The van der Waals surface area contributed by atoms with Crippen molar-refractivity contribution in [3.05, 3.63) is 0 Å². The fourth-order valence-electron chi connectivity index (χ4n) is 1.40. The van der Waals surface area contributed by atoms with Crippen molar-refractivity contribution in [2.24, 2.45) is 5.41 Å². The largest absolute Gasteiger partial charge is 0.396 e. The fourth-order valence-corrected chi connectivity index (χ4v) is 2.06. The van der Waals surface area contributed by atoms with Gasteiger partial charge in [-0.25, -0.2) is 0 Å². The molecular weight excluding hydrogens is 234 g/mol. The molecule has 0 aliphatic heterocycles. The number of amides is 1. The molecule has 0 saturated carbocycles. The van der Waals surface area contributed by atoms with Crippen LogP contribution in [0.4, 0.5) is 0 Å². The van der Waals surface area contributed by atoms with Gasteiger partial charge in [0.15, 0.2) is 0 Å². The lowest BCUT2D eigenvalue weighted by molar-refractivity contribution is -0.119. The zero-order valence-electron chi connectivity index (χ0n) is 11.8. The molecule has 0 aliphatic carbocycles. The second kappa shape index (κ2) is 7.27. The third-order valence-electron chi connectivity index (χ3n) is 3.13. The molecule has 0 spiro atoms. The second-order valence-electron chi connectivity index (χ2n) is 5.54. The first kappa shape index (κ1) is 16.8. The number of hydrogen-bond donors (Lipinski definition) is 2. The Hall–Kier alpha value is -0.220. The first-order valence-electron chi connectivity index (χ1n) is 6.30. The maximum atomic E-state index is 11.7. The zero-order valence-corrected chi connectivity index (χ0v) is 12.6. The molecule has 0 atom stereocenters. The van der Waals surface area contributed by atoms with Crippen molar-refractivity contribution in [3.63, 3.8) is 0 Å². The number of aliphatic hydroxyl groups is 1. The van der Waals surface area contributed by atoms with Gasteiger partial charge in [0, 0.05) is 16.7 Å². The molecule has 3 nitrogen and oxygen atoms in total. The van der Waals surface area contributed by atoms with Crippen LogP contribution < -0.4 is 5.32 Å². The summed E-state index contributed by atoms with van der Waals surface area (Å²) in [7, 11) is 0. The van der Waals surface area contributed by atoms with Crippen molar-refractivity contribution in [1.82, 2.24) is 5.32 Å². The zero-order chi connectivity index (χ0) is 13.5. The molecule has 0 heterocycles. The molecule has 102 valence electrons. The molecule has 1 amide bonds. The summed E-state index contributed by atoms with van der Waals surface area (Å²) in [6.07, 6.45) is 1.76. The lowest BCUT2D eigenvalue weighted by atomic mass is 9.83. The smallest absolute Gasteiger partial charge is 0.230 e. The predicted octanol–water partition coefficient (Wildman–Crippen LogP) is 2.43. The summed E-state index contributed by atoms with van der Waals surface area (Å²) in [6, 6.07) is 0. The number of carbonyl (C=O) groups is 1. The summed E-state index contributed by atoms with van der Waals surface area (Å²) >= 11 is 1.64. The number of nitrogens with one attached hydrogen (secondary N) is 1. The molecule has 0 aromatic rings. The van der Waals surface area contributed by atoms with E-state index in [-0.39, 0.29) is 22.7 Å². The van der Waals surface area contributed by atoms with E-state index in [1.807, 2.05) is 0 Å². The topological polar surface area (TPSA) is 49.3 Å². The SMILES string of the molecule is CCC(CC)(CO)CNC(=O)CSC(C)(C)C. The quantitative estimate of drug-likeness (QED) is 0.740. The molecule has 0 fully saturated rings. The molecule has 0 rings (SSSR count). The van der Waals surface area contributed by atoms with Crippen molar-refractivity contribution in [2.75, 3.05) is 18.9 Å². The average Bonchev–Trinajstić information content (AvgIpc) is 2.28. The Labute approximate surface area is 110 Å². The van der Waals surface area contributed by atoms with Gasteiger partial charge < -0.3 is 10.4 Å². The third-order valence-corrected chi connectivity index (χ3v) is 4.40. The van der Waals surface area contributed by atoms with Crippen LogP contribution in [0.2, 0.25) is 0 Å². The Balaban J connectivity index is 4.06. The maximum absolute atomic E-state index is 11.7. The minimum absolute atomic E-state index is 0.0599. The van der Waals surface area contributed by atoms with Gasteiger partial charge in [-0.3, -0.25) is 4.79 Å². The van der Waals surface area contributed by atoms with Gasteiger partial charge in [0.2, 0.25) is 5.91 Å². The van der Waals surface area contributed by atoms with Crippen LogP contribution in [-0.4, -0.2) is 34.7 Å². The van der Waals surface area contributed by atoms with Crippen molar-refractivity contribution in [2.45, 2.75) is 52.2 Å². The van der Waals surface area contributed by atoms with E-state index in [0.29, 0.717) is 12.3 Å². The normalized spacial score (nSPS) is 12.6. The molecule has 0 radical (unpaired) electrons. The Morgan fingerprint density at radius 1 is 1.24 bits per heavy atom. The van der Waals surface area contributed by atoms with Crippen molar-refractivity contribution in [3.8, 4) is 0 Å². The molecule has 0 bridgehead atoms. The van der Waals surface area contributed by atoms with Gasteiger partial charge in [0.05, 0.1) is 12.4 Å². The van der Waals surface area contributed by atoms with Crippen LogP contribution in [-0.2, 0) is 4.79 Å². The van der Waals surface area contributed by atoms with Gasteiger partial charge in [-0.05, 0) is 12.8 Å². The van der Waals surface area contributed by atoms with E-state index < -0.39 is 0 Å².